The van der Waals surface area contributed by atoms with Gasteiger partial charge in [0.1, 0.15) is 29.1 Å². The van der Waals surface area contributed by atoms with Crippen LogP contribution in [0, 0.1) is 5.82 Å². The molecule has 0 bridgehead atoms. The van der Waals surface area contributed by atoms with Gasteiger partial charge in [-0.1, -0.05) is 6.07 Å². The third-order valence-corrected chi connectivity index (χ3v) is 5.62. The van der Waals surface area contributed by atoms with Gasteiger partial charge in [-0.25, -0.2) is 19.4 Å². The lowest BCUT2D eigenvalue weighted by molar-refractivity contribution is 0.634. The van der Waals surface area contributed by atoms with Crippen molar-refractivity contribution in [2.75, 3.05) is 0 Å². The standard InChI is InChI=1S/C21H15FN8S/c1-11(8-24-10-23-2)12-9-26-20-15(16(12)22)19(29-30-20)21-27-13-5-6-25-18(17(13)28-21)14-4-3-7-31-14/h3-10H,2H2,1H3,(H,27,28)(H,26,29,30)/b11-8+,24-10-. The summed E-state index contributed by atoms with van der Waals surface area (Å²) in [6, 6.07) is 5.78. The molecule has 0 saturated heterocycles. The van der Waals surface area contributed by atoms with E-state index in [0.29, 0.717) is 33.8 Å². The van der Waals surface area contributed by atoms with Gasteiger partial charge < -0.3 is 4.98 Å². The Kier molecular flexibility index (Phi) is 4.68. The molecule has 0 aliphatic heterocycles. The van der Waals surface area contributed by atoms with Crippen molar-refractivity contribution >= 4 is 52.0 Å². The van der Waals surface area contributed by atoms with Crippen molar-refractivity contribution in [2.45, 2.75) is 6.92 Å². The van der Waals surface area contributed by atoms with Crippen molar-refractivity contribution < 1.29 is 4.39 Å². The summed E-state index contributed by atoms with van der Waals surface area (Å²) in [6.07, 6.45) is 5.94. The Morgan fingerprint density at radius 3 is 2.97 bits per heavy atom. The van der Waals surface area contributed by atoms with E-state index < -0.39 is 5.82 Å². The number of H-pyrrole nitrogens is 2. The fourth-order valence-corrected chi connectivity index (χ4v) is 4.03. The quantitative estimate of drug-likeness (QED) is 0.307. The van der Waals surface area contributed by atoms with Gasteiger partial charge in [0.15, 0.2) is 11.5 Å². The summed E-state index contributed by atoms with van der Waals surface area (Å²) >= 11 is 1.58. The molecule has 152 valence electrons. The van der Waals surface area contributed by atoms with E-state index in [1.54, 1.807) is 24.5 Å². The number of rotatable bonds is 5. The summed E-state index contributed by atoms with van der Waals surface area (Å²) in [4.78, 5) is 25.2. The predicted molar refractivity (Wildman–Crippen MR) is 122 cm³/mol. The highest BCUT2D eigenvalue weighted by Gasteiger charge is 2.21. The highest BCUT2D eigenvalue weighted by atomic mass is 32.1. The monoisotopic (exact) mass is 430 g/mol. The van der Waals surface area contributed by atoms with Gasteiger partial charge in [0.2, 0.25) is 0 Å². The Balaban J connectivity index is 1.67. The third kappa shape index (κ3) is 3.22. The average Bonchev–Trinajstić information content (AvgIpc) is 3.52. The highest BCUT2D eigenvalue weighted by molar-refractivity contribution is 7.13. The van der Waals surface area contributed by atoms with Crippen molar-refractivity contribution in [2.24, 2.45) is 9.98 Å². The van der Waals surface area contributed by atoms with Crippen molar-refractivity contribution in [3.8, 4) is 22.1 Å². The first-order valence-corrected chi connectivity index (χ1v) is 10.1. The van der Waals surface area contributed by atoms with Crippen LogP contribution in [0.15, 0.2) is 52.2 Å². The topological polar surface area (TPSA) is 108 Å². The maximum absolute atomic E-state index is 15.5. The van der Waals surface area contributed by atoms with Crippen LogP contribution in [0.25, 0.3) is 49.7 Å². The van der Waals surface area contributed by atoms with Crippen LogP contribution in [0.1, 0.15) is 12.5 Å². The van der Waals surface area contributed by atoms with E-state index in [1.165, 1.54) is 18.7 Å². The fraction of sp³-hybridized carbons (Fsp3) is 0.0476. The molecule has 0 aromatic carbocycles. The molecule has 31 heavy (non-hydrogen) atoms. The molecule has 0 saturated carbocycles. The van der Waals surface area contributed by atoms with E-state index in [9.17, 15) is 0 Å². The number of hydrogen-bond donors (Lipinski definition) is 2. The van der Waals surface area contributed by atoms with Gasteiger partial charge in [0, 0.05) is 24.2 Å². The predicted octanol–water partition coefficient (Wildman–Crippen LogP) is 4.85. The number of imidazole rings is 1. The minimum atomic E-state index is -0.457. The first-order valence-electron chi connectivity index (χ1n) is 9.23. The van der Waals surface area contributed by atoms with Crippen LogP contribution in [0.5, 0.6) is 0 Å². The van der Waals surface area contributed by atoms with Gasteiger partial charge in [0.05, 0.1) is 15.8 Å². The lowest BCUT2D eigenvalue weighted by Gasteiger charge is -2.03. The summed E-state index contributed by atoms with van der Waals surface area (Å²) in [5, 5.41) is 9.30. The molecular formula is C21H15FN8S. The molecule has 5 aromatic heterocycles. The van der Waals surface area contributed by atoms with E-state index in [2.05, 4.69) is 41.9 Å². The number of aliphatic imine (C=N–C) groups is 2. The van der Waals surface area contributed by atoms with Gasteiger partial charge in [-0.05, 0) is 36.7 Å². The molecule has 0 fully saturated rings. The van der Waals surface area contributed by atoms with E-state index in [0.717, 1.165) is 16.1 Å². The second-order valence-corrected chi connectivity index (χ2v) is 7.61. The zero-order valence-electron chi connectivity index (χ0n) is 16.3. The second kappa shape index (κ2) is 7.65. The largest absolute Gasteiger partial charge is 0.336 e. The summed E-state index contributed by atoms with van der Waals surface area (Å²) in [7, 11) is 0. The van der Waals surface area contributed by atoms with Crippen molar-refractivity contribution in [3.05, 3.63) is 53.6 Å². The van der Waals surface area contributed by atoms with E-state index >= 15 is 4.39 Å². The van der Waals surface area contributed by atoms with Crippen LogP contribution in [-0.2, 0) is 0 Å². The van der Waals surface area contributed by atoms with Crippen molar-refractivity contribution in [3.63, 3.8) is 0 Å². The Bertz CT molecular complexity index is 1480. The number of aromatic nitrogens is 6. The fourth-order valence-electron chi connectivity index (χ4n) is 3.30. The van der Waals surface area contributed by atoms with Gasteiger partial charge >= 0.3 is 0 Å². The number of allylic oxidation sites excluding steroid dienone is 1. The minimum absolute atomic E-state index is 0.251. The number of thiophene rings is 1. The number of fused-ring (bicyclic) bond motifs is 2. The first kappa shape index (κ1) is 18.9. The van der Waals surface area contributed by atoms with Crippen LogP contribution in [0.2, 0.25) is 0 Å². The smallest absolute Gasteiger partial charge is 0.159 e. The summed E-state index contributed by atoms with van der Waals surface area (Å²) < 4.78 is 15.5. The van der Waals surface area contributed by atoms with Gasteiger partial charge in [-0.3, -0.25) is 15.1 Å². The minimum Gasteiger partial charge on any atom is -0.336 e. The van der Waals surface area contributed by atoms with Gasteiger partial charge in [0.25, 0.3) is 0 Å². The summed E-state index contributed by atoms with van der Waals surface area (Å²) in [6.45, 7) is 5.07. The highest BCUT2D eigenvalue weighted by Crippen LogP contribution is 2.33. The van der Waals surface area contributed by atoms with Crippen LogP contribution in [-0.4, -0.2) is 43.2 Å². The molecule has 0 aliphatic rings. The lowest BCUT2D eigenvalue weighted by Crippen LogP contribution is -1.92. The normalized spacial score (nSPS) is 12.4. The molecular weight excluding hydrogens is 415 g/mol. The van der Waals surface area contributed by atoms with Crippen LogP contribution in [0.4, 0.5) is 4.39 Å². The molecule has 8 nitrogen and oxygen atoms in total. The van der Waals surface area contributed by atoms with Crippen molar-refractivity contribution in [1.29, 1.82) is 0 Å². The molecule has 0 aliphatic carbocycles. The Morgan fingerprint density at radius 1 is 1.26 bits per heavy atom. The number of nitrogens with zero attached hydrogens (tertiary/aromatic N) is 6. The zero-order valence-corrected chi connectivity index (χ0v) is 17.1. The van der Waals surface area contributed by atoms with Gasteiger partial charge in [-0.2, -0.15) is 5.10 Å². The molecule has 5 rings (SSSR count). The number of nitrogens with one attached hydrogen (secondary N) is 2. The second-order valence-electron chi connectivity index (χ2n) is 6.66. The molecule has 5 heterocycles. The number of aromatic amines is 2. The number of hydrogen-bond acceptors (Lipinski definition) is 6. The van der Waals surface area contributed by atoms with E-state index in [-0.39, 0.29) is 5.39 Å². The molecule has 10 heteroatoms. The average molecular weight is 430 g/mol. The number of halogens is 1. The molecule has 0 amide bonds. The van der Waals surface area contributed by atoms with Crippen LogP contribution >= 0.6 is 11.3 Å². The Hall–Kier alpha value is -4.05. The lowest BCUT2D eigenvalue weighted by atomic mass is 10.1. The summed E-state index contributed by atoms with van der Waals surface area (Å²) in [5.74, 6) is -0.0262. The molecule has 0 unspecified atom stereocenters. The zero-order chi connectivity index (χ0) is 21.4. The van der Waals surface area contributed by atoms with E-state index in [1.807, 2.05) is 23.6 Å². The maximum atomic E-state index is 15.5. The number of pyridine rings is 2. The van der Waals surface area contributed by atoms with Crippen LogP contribution in [0.3, 0.4) is 0 Å². The SMILES string of the molecule is C=N/C=N\C=C(/C)c1cnc2[nH]nc(-c3nc4c(-c5cccs5)nccc4[nH]3)c2c1F. The molecule has 0 radical (unpaired) electrons. The maximum Gasteiger partial charge on any atom is 0.159 e. The molecule has 5 aromatic rings. The first-order chi connectivity index (χ1) is 15.2. The molecule has 0 atom stereocenters. The van der Waals surface area contributed by atoms with Gasteiger partial charge in [-0.15, -0.1) is 11.3 Å². The molecule has 0 spiro atoms. The van der Waals surface area contributed by atoms with Crippen LogP contribution < -0.4 is 0 Å². The van der Waals surface area contributed by atoms with Crippen molar-refractivity contribution in [1.82, 2.24) is 30.1 Å². The Morgan fingerprint density at radius 2 is 2.16 bits per heavy atom. The third-order valence-electron chi connectivity index (χ3n) is 4.75. The summed E-state index contributed by atoms with van der Waals surface area (Å²) in [5.41, 5.74) is 3.83. The van der Waals surface area contributed by atoms with E-state index in [4.69, 9.17) is 4.98 Å². The Labute approximate surface area is 179 Å². The molecule has 2 N–H and O–H groups in total.